The lowest BCUT2D eigenvalue weighted by molar-refractivity contribution is -0.131. The molecule has 3 heteroatoms. The van der Waals surface area contributed by atoms with Gasteiger partial charge in [-0.15, -0.1) is 0 Å². The quantitative estimate of drug-likeness (QED) is 0.845. The maximum atomic E-state index is 10.6. The van der Waals surface area contributed by atoms with Crippen LogP contribution in [0.15, 0.2) is 60.2 Å². The van der Waals surface area contributed by atoms with Crippen LogP contribution in [0.5, 0.6) is 5.75 Å². The van der Waals surface area contributed by atoms with E-state index in [1.807, 2.05) is 55.5 Å². The van der Waals surface area contributed by atoms with Crippen LogP contribution < -0.4 is 4.74 Å². The Morgan fingerprint density at radius 1 is 1.14 bits per heavy atom. The van der Waals surface area contributed by atoms with E-state index in [4.69, 9.17) is 9.84 Å². The van der Waals surface area contributed by atoms with Gasteiger partial charge in [0.15, 0.2) is 0 Å². The van der Waals surface area contributed by atoms with E-state index in [0.29, 0.717) is 6.42 Å². The lowest BCUT2D eigenvalue weighted by atomic mass is 10.0. The molecule has 0 bridgehead atoms. The van der Waals surface area contributed by atoms with Gasteiger partial charge in [-0.1, -0.05) is 42.0 Å². The van der Waals surface area contributed by atoms with E-state index in [-0.39, 0.29) is 0 Å². The van der Waals surface area contributed by atoms with Crippen LogP contribution in [0.1, 0.15) is 12.5 Å². The van der Waals surface area contributed by atoms with Crippen molar-refractivity contribution >= 4 is 5.97 Å². The minimum absolute atomic E-state index is 0.644. The highest BCUT2D eigenvalue weighted by Gasteiger charge is 2.01. The Morgan fingerprint density at radius 2 is 1.86 bits per heavy atom. The first-order valence-corrected chi connectivity index (χ1v) is 6.72. The Bertz CT molecular complexity index is 654. The van der Waals surface area contributed by atoms with Crippen molar-refractivity contribution in [3.05, 3.63) is 65.7 Å². The molecular formula is C18H18O3. The van der Waals surface area contributed by atoms with Crippen molar-refractivity contribution in [2.75, 3.05) is 7.11 Å². The first-order valence-electron chi connectivity index (χ1n) is 6.72. The highest BCUT2D eigenvalue weighted by atomic mass is 16.5. The number of benzene rings is 2. The molecule has 2 aromatic carbocycles. The number of hydrogen-bond acceptors (Lipinski definition) is 2. The first kappa shape index (κ1) is 14.9. The average molecular weight is 282 g/mol. The predicted molar refractivity (Wildman–Crippen MR) is 83.5 cm³/mol. The topological polar surface area (TPSA) is 46.5 Å². The summed E-state index contributed by atoms with van der Waals surface area (Å²) in [5.74, 6) is -0.0719. The van der Waals surface area contributed by atoms with Crippen LogP contribution in [0, 0.1) is 0 Å². The van der Waals surface area contributed by atoms with Crippen LogP contribution in [0.2, 0.25) is 0 Å². The van der Waals surface area contributed by atoms with Gasteiger partial charge >= 0.3 is 5.97 Å². The van der Waals surface area contributed by atoms with Crippen molar-refractivity contribution in [3.8, 4) is 16.9 Å². The van der Waals surface area contributed by atoms with Gasteiger partial charge in [-0.3, -0.25) is 0 Å². The Balaban J connectivity index is 2.17. The van der Waals surface area contributed by atoms with Crippen molar-refractivity contribution in [2.45, 2.75) is 13.3 Å². The number of methoxy groups -OCH3 is 1. The van der Waals surface area contributed by atoms with Crippen molar-refractivity contribution in [3.63, 3.8) is 0 Å². The molecule has 0 aliphatic heterocycles. The van der Waals surface area contributed by atoms with Crippen LogP contribution in [-0.2, 0) is 11.2 Å². The molecule has 0 saturated carbocycles. The fraction of sp³-hybridized carbons (Fsp3) is 0.167. The van der Waals surface area contributed by atoms with E-state index in [1.165, 1.54) is 6.08 Å². The Morgan fingerprint density at radius 3 is 2.48 bits per heavy atom. The molecule has 0 amide bonds. The minimum atomic E-state index is -0.902. The summed E-state index contributed by atoms with van der Waals surface area (Å²) in [6.45, 7) is 1.82. The average Bonchev–Trinajstić information content (AvgIpc) is 2.47. The first-order chi connectivity index (χ1) is 10.1. The van der Waals surface area contributed by atoms with Gasteiger partial charge in [0.25, 0.3) is 0 Å². The summed E-state index contributed by atoms with van der Waals surface area (Å²) in [4.78, 5) is 10.6. The monoisotopic (exact) mass is 282 g/mol. The molecule has 3 nitrogen and oxygen atoms in total. The van der Waals surface area contributed by atoms with E-state index in [2.05, 4.69) is 0 Å². The molecular weight excluding hydrogens is 264 g/mol. The summed E-state index contributed by atoms with van der Waals surface area (Å²) >= 11 is 0. The predicted octanol–water partition coefficient (Wildman–Crippen LogP) is 3.94. The van der Waals surface area contributed by atoms with Gasteiger partial charge in [-0.25, -0.2) is 4.79 Å². The van der Waals surface area contributed by atoms with E-state index in [0.717, 1.165) is 28.0 Å². The Kier molecular flexibility index (Phi) is 4.77. The van der Waals surface area contributed by atoms with Gasteiger partial charge in [0.05, 0.1) is 7.11 Å². The molecule has 0 spiro atoms. The molecule has 0 radical (unpaired) electrons. The summed E-state index contributed by atoms with van der Waals surface area (Å²) < 4.78 is 5.23. The van der Waals surface area contributed by atoms with Gasteiger partial charge < -0.3 is 9.84 Å². The number of allylic oxidation sites excluding steroid dienone is 1. The van der Waals surface area contributed by atoms with Crippen molar-refractivity contribution in [2.24, 2.45) is 0 Å². The highest BCUT2D eigenvalue weighted by Crippen LogP contribution is 2.24. The zero-order chi connectivity index (χ0) is 15.2. The summed E-state index contributed by atoms with van der Waals surface area (Å²) in [7, 11) is 1.65. The van der Waals surface area contributed by atoms with E-state index in [1.54, 1.807) is 7.11 Å². The van der Waals surface area contributed by atoms with Gasteiger partial charge in [-0.2, -0.15) is 0 Å². The molecule has 21 heavy (non-hydrogen) atoms. The van der Waals surface area contributed by atoms with E-state index < -0.39 is 5.97 Å². The summed E-state index contributed by atoms with van der Waals surface area (Å²) in [5.41, 5.74) is 4.13. The Hall–Kier alpha value is -2.55. The second-order valence-corrected chi connectivity index (χ2v) is 4.93. The zero-order valence-electron chi connectivity index (χ0n) is 12.2. The van der Waals surface area contributed by atoms with Gasteiger partial charge in [0.1, 0.15) is 5.75 Å². The van der Waals surface area contributed by atoms with Crippen LogP contribution in [0.4, 0.5) is 0 Å². The number of aliphatic carboxylic acids is 1. The third kappa shape index (κ3) is 4.21. The van der Waals surface area contributed by atoms with Gasteiger partial charge in [0, 0.05) is 6.08 Å². The van der Waals surface area contributed by atoms with Crippen LogP contribution in [-0.4, -0.2) is 18.2 Å². The standard InChI is InChI=1S/C18H18O3/c1-13(11-18(19)20)10-14-6-8-15(9-7-14)16-4-3-5-17(12-16)21-2/h3-9,11-12H,10H2,1-2H3,(H,19,20)/b13-11+. The fourth-order valence-electron chi connectivity index (χ4n) is 2.20. The molecule has 2 rings (SSSR count). The lowest BCUT2D eigenvalue weighted by Gasteiger charge is -2.06. The second kappa shape index (κ2) is 6.75. The van der Waals surface area contributed by atoms with E-state index >= 15 is 0 Å². The lowest BCUT2D eigenvalue weighted by Crippen LogP contribution is -1.93. The molecule has 0 heterocycles. The SMILES string of the molecule is COc1cccc(-c2ccc(C/C(C)=C/C(=O)O)cc2)c1. The zero-order valence-corrected chi connectivity index (χ0v) is 12.2. The third-order valence-corrected chi connectivity index (χ3v) is 3.21. The molecule has 0 aromatic heterocycles. The molecule has 0 unspecified atom stereocenters. The maximum Gasteiger partial charge on any atom is 0.328 e. The number of ether oxygens (including phenoxy) is 1. The van der Waals surface area contributed by atoms with Crippen LogP contribution in [0.25, 0.3) is 11.1 Å². The highest BCUT2D eigenvalue weighted by molar-refractivity contribution is 5.80. The van der Waals surface area contributed by atoms with Gasteiger partial charge in [0.2, 0.25) is 0 Å². The molecule has 0 aliphatic carbocycles. The summed E-state index contributed by atoms with van der Waals surface area (Å²) in [5, 5.41) is 8.72. The smallest absolute Gasteiger partial charge is 0.328 e. The van der Waals surface area contributed by atoms with Crippen molar-refractivity contribution < 1.29 is 14.6 Å². The minimum Gasteiger partial charge on any atom is -0.497 e. The number of carboxylic acids is 1. The molecule has 108 valence electrons. The molecule has 1 N–H and O–H groups in total. The molecule has 0 aliphatic rings. The fourth-order valence-corrected chi connectivity index (χ4v) is 2.20. The number of carboxylic acid groups (broad SMARTS) is 1. The van der Waals surface area contributed by atoms with Crippen molar-refractivity contribution in [1.29, 1.82) is 0 Å². The molecule has 0 fully saturated rings. The molecule has 0 saturated heterocycles. The number of rotatable bonds is 5. The largest absolute Gasteiger partial charge is 0.497 e. The van der Waals surface area contributed by atoms with Crippen LogP contribution in [0.3, 0.4) is 0 Å². The summed E-state index contributed by atoms with van der Waals surface area (Å²) in [6.07, 6.45) is 1.89. The maximum absolute atomic E-state index is 10.6. The normalized spacial score (nSPS) is 11.2. The van der Waals surface area contributed by atoms with Crippen LogP contribution >= 0.6 is 0 Å². The van der Waals surface area contributed by atoms with Crippen molar-refractivity contribution in [1.82, 2.24) is 0 Å². The van der Waals surface area contributed by atoms with Gasteiger partial charge in [-0.05, 0) is 42.2 Å². The summed E-state index contributed by atoms with van der Waals surface area (Å²) in [6, 6.07) is 16.0. The molecule has 0 atom stereocenters. The number of hydrogen-bond donors (Lipinski definition) is 1. The Labute approximate surface area is 124 Å². The van der Waals surface area contributed by atoms with E-state index in [9.17, 15) is 4.79 Å². The third-order valence-electron chi connectivity index (χ3n) is 3.21. The second-order valence-electron chi connectivity index (χ2n) is 4.93. The molecule has 2 aromatic rings. The number of carbonyl (C=O) groups is 1.